The van der Waals surface area contributed by atoms with Gasteiger partial charge in [0, 0.05) is 21.2 Å². The van der Waals surface area contributed by atoms with Crippen molar-refractivity contribution in [3.63, 3.8) is 0 Å². The average molecular weight is 571 g/mol. The number of imide groups is 1. The van der Waals surface area contributed by atoms with Crippen LogP contribution in [0.25, 0.3) is 6.08 Å². The monoisotopic (exact) mass is 570 g/mol. The molecule has 3 amide bonds. The topological polar surface area (TPSA) is 107 Å². The highest BCUT2D eigenvalue weighted by Crippen LogP contribution is 2.36. The molecule has 1 aliphatic heterocycles. The van der Waals surface area contributed by atoms with E-state index in [-0.39, 0.29) is 30.4 Å². The number of allylic oxidation sites excluding steroid dienone is 1. The number of furan rings is 1. The van der Waals surface area contributed by atoms with Crippen LogP contribution in [0.2, 0.25) is 10.0 Å². The lowest BCUT2D eigenvalue weighted by Gasteiger charge is -2.16. The Morgan fingerprint density at radius 1 is 1.10 bits per heavy atom. The number of benzene rings is 2. The zero-order valence-electron chi connectivity index (χ0n) is 21.1. The highest BCUT2D eigenvalue weighted by molar-refractivity contribution is 6.35. The van der Waals surface area contributed by atoms with Gasteiger partial charge in [-0.25, -0.2) is 9.59 Å². The van der Waals surface area contributed by atoms with Crippen LogP contribution >= 0.6 is 23.2 Å². The van der Waals surface area contributed by atoms with Gasteiger partial charge in [0.1, 0.15) is 18.1 Å². The molecular weight excluding hydrogens is 547 g/mol. The highest BCUT2D eigenvalue weighted by Gasteiger charge is 2.34. The number of hydrogen-bond acceptors (Lipinski definition) is 7. The third kappa shape index (κ3) is 6.27. The molecule has 0 unspecified atom stereocenters. The van der Waals surface area contributed by atoms with Crippen LogP contribution in [-0.2, 0) is 29.1 Å². The number of amides is 3. The molecule has 202 valence electrons. The van der Waals surface area contributed by atoms with Gasteiger partial charge in [0.2, 0.25) is 5.76 Å². The smallest absolute Gasteiger partial charge is 0.373 e. The van der Waals surface area contributed by atoms with Crippen LogP contribution in [0.3, 0.4) is 0 Å². The number of nitrogens with zero attached hydrogens (tertiary/aromatic N) is 1. The summed E-state index contributed by atoms with van der Waals surface area (Å²) in [5.74, 6) is -0.0841. The van der Waals surface area contributed by atoms with Crippen LogP contribution in [0, 0.1) is 0 Å². The van der Waals surface area contributed by atoms with Gasteiger partial charge in [-0.15, -0.1) is 6.58 Å². The lowest BCUT2D eigenvalue weighted by Crippen LogP contribution is -2.30. The summed E-state index contributed by atoms with van der Waals surface area (Å²) >= 11 is 12.3. The summed E-state index contributed by atoms with van der Waals surface area (Å²) in [6.07, 6.45) is 3.70. The van der Waals surface area contributed by atoms with Gasteiger partial charge in [0.05, 0.1) is 20.8 Å². The zero-order valence-corrected chi connectivity index (χ0v) is 22.6. The Balaban J connectivity index is 1.57. The minimum absolute atomic E-state index is 0.0298. The fourth-order valence-electron chi connectivity index (χ4n) is 3.89. The molecule has 2 aromatic carbocycles. The zero-order chi connectivity index (χ0) is 28.1. The quantitative estimate of drug-likeness (QED) is 0.142. The molecule has 0 saturated carbocycles. The van der Waals surface area contributed by atoms with E-state index in [2.05, 4.69) is 16.6 Å². The first kappa shape index (κ1) is 27.8. The minimum atomic E-state index is -0.660. The number of nitrogens with one attached hydrogen (secondary N) is 1. The summed E-state index contributed by atoms with van der Waals surface area (Å²) in [4.78, 5) is 38.2. The van der Waals surface area contributed by atoms with Crippen molar-refractivity contribution in [3.05, 3.63) is 99.1 Å². The van der Waals surface area contributed by atoms with E-state index in [0.29, 0.717) is 33.5 Å². The number of ether oxygens (including phenoxy) is 3. The van der Waals surface area contributed by atoms with Gasteiger partial charge in [-0.3, -0.25) is 9.69 Å². The van der Waals surface area contributed by atoms with Gasteiger partial charge in [-0.2, -0.15) is 0 Å². The largest absolute Gasteiger partial charge is 0.493 e. The van der Waals surface area contributed by atoms with Gasteiger partial charge in [0.15, 0.2) is 11.5 Å². The molecule has 0 spiro atoms. The lowest BCUT2D eigenvalue weighted by atomic mass is 10.0. The summed E-state index contributed by atoms with van der Waals surface area (Å²) in [5, 5.41) is 3.57. The third-order valence-corrected chi connectivity index (χ3v) is 6.35. The minimum Gasteiger partial charge on any atom is -0.493 e. The maximum absolute atomic E-state index is 13.0. The summed E-state index contributed by atoms with van der Waals surface area (Å²) in [7, 11) is 2.73. The number of methoxy groups -OCH3 is 2. The molecule has 0 atom stereocenters. The fraction of sp³-hybridized carbons (Fsp3) is 0.179. The maximum atomic E-state index is 13.0. The van der Waals surface area contributed by atoms with Crippen LogP contribution in [0.4, 0.5) is 4.79 Å². The van der Waals surface area contributed by atoms with E-state index in [1.807, 2.05) is 6.07 Å². The van der Waals surface area contributed by atoms with Crippen molar-refractivity contribution < 1.29 is 33.0 Å². The van der Waals surface area contributed by atoms with Crippen molar-refractivity contribution >= 4 is 47.2 Å². The summed E-state index contributed by atoms with van der Waals surface area (Å²) in [6, 6.07) is 10.9. The van der Waals surface area contributed by atoms with Crippen molar-refractivity contribution in [2.24, 2.45) is 0 Å². The van der Waals surface area contributed by atoms with E-state index in [9.17, 15) is 14.4 Å². The average Bonchev–Trinajstić information content (AvgIpc) is 3.48. The number of hydrogen-bond donors (Lipinski definition) is 1. The van der Waals surface area contributed by atoms with E-state index in [4.69, 9.17) is 37.1 Å². The third-order valence-electron chi connectivity index (χ3n) is 5.76. The molecule has 1 fully saturated rings. The molecule has 39 heavy (non-hydrogen) atoms. The van der Waals surface area contributed by atoms with Crippen LogP contribution < -0.4 is 14.8 Å². The Hall–Kier alpha value is -4.21. The second-order valence-electron chi connectivity index (χ2n) is 8.37. The molecule has 1 aliphatic rings. The van der Waals surface area contributed by atoms with Gasteiger partial charge in [-0.1, -0.05) is 35.3 Å². The summed E-state index contributed by atoms with van der Waals surface area (Å²) in [6.45, 7) is 3.82. The molecule has 2 heterocycles. The van der Waals surface area contributed by atoms with Gasteiger partial charge < -0.3 is 23.9 Å². The number of esters is 1. The number of carbonyl (C=O) groups is 3. The number of rotatable bonds is 10. The van der Waals surface area contributed by atoms with E-state index in [1.54, 1.807) is 30.3 Å². The van der Waals surface area contributed by atoms with E-state index >= 15 is 0 Å². The second kappa shape index (κ2) is 12.1. The molecule has 0 radical (unpaired) electrons. The molecule has 9 nitrogen and oxygen atoms in total. The Morgan fingerprint density at radius 2 is 1.90 bits per heavy atom. The lowest BCUT2D eigenvalue weighted by molar-refractivity contribution is -0.123. The second-order valence-corrected chi connectivity index (χ2v) is 9.21. The SMILES string of the molecule is C=CCc1cc(/C=C2\NC(=O)N(Cc3ccc(C(=O)OC)o3)C2=O)cc(OC)c1OCc1ccc(Cl)cc1Cl. The molecule has 11 heteroatoms. The molecule has 3 aromatic rings. The van der Waals surface area contributed by atoms with Crippen LogP contribution in [0.15, 0.2) is 65.2 Å². The van der Waals surface area contributed by atoms with Crippen LogP contribution in [0.5, 0.6) is 11.5 Å². The highest BCUT2D eigenvalue weighted by atomic mass is 35.5. The Labute approximate surface area is 234 Å². The molecule has 0 bridgehead atoms. The van der Waals surface area contributed by atoms with Gasteiger partial charge >= 0.3 is 12.0 Å². The Bertz CT molecular complexity index is 1480. The van der Waals surface area contributed by atoms with E-state index < -0.39 is 17.9 Å². The van der Waals surface area contributed by atoms with Crippen molar-refractivity contribution in [1.82, 2.24) is 10.2 Å². The molecule has 4 rings (SSSR count). The fourth-order valence-corrected chi connectivity index (χ4v) is 4.35. The molecule has 0 aliphatic carbocycles. The predicted molar refractivity (Wildman–Crippen MR) is 145 cm³/mol. The Kier molecular flexibility index (Phi) is 8.63. The van der Waals surface area contributed by atoms with Crippen molar-refractivity contribution in [2.45, 2.75) is 19.6 Å². The maximum Gasteiger partial charge on any atom is 0.373 e. The number of halogens is 2. The first-order valence-corrected chi connectivity index (χ1v) is 12.4. The summed E-state index contributed by atoms with van der Waals surface area (Å²) in [5.41, 5.74) is 2.15. The van der Waals surface area contributed by atoms with Crippen LogP contribution in [0.1, 0.15) is 33.0 Å². The van der Waals surface area contributed by atoms with E-state index in [1.165, 1.54) is 32.4 Å². The van der Waals surface area contributed by atoms with Crippen molar-refractivity contribution in [1.29, 1.82) is 0 Å². The first-order valence-electron chi connectivity index (χ1n) is 11.6. The Morgan fingerprint density at radius 3 is 2.59 bits per heavy atom. The van der Waals surface area contributed by atoms with Crippen molar-refractivity contribution in [3.8, 4) is 11.5 Å². The molecule has 1 N–H and O–H groups in total. The molecular formula is C28H24Cl2N2O7. The standard InChI is InChI=1S/C28H24Cl2N2O7/c1-4-5-17-10-16(12-24(36-2)25(17)38-15-18-6-7-19(29)13-21(18)30)11-22-26(33)32(28(35)31-22)14-20-8-9-23(39-20)27(34)37-3/h4,6-13H,1,5,14-15H2,2-3H3,(H,31,35)/b22-11-. The molecule has 1 saturated heterocycles. The van der Waals surface area contributed by atoms with Gasteiger partial charge in [-0.05, 0) is 54.5 Å². The van der Waals surface area contributed by atoms with Crippen molar-refractivity contribution in [2.75, 3.05) is 14.2 Å². The normalized spacial score (nSPS) is 13.9. The number of carbonyl (C=O) groups excluding carboxylic acids is 3. The predicted octanol–water partition coefficient (Wildman–Crippen LogP) is 5.78. The summed E-state index contributed by atoms with van der Waals surface area (Å²) < 4.78 is 21.7. The van der Waals surface area contributed by atoms with Crippen LogP contribution in [-0.4, -0.2) is 37.0 Å². The van der Waals surface area contributed by atoms with E-state index in [0.717, 1.165) is 16.0 Å². The number of urea groups is 1. The van der Waals surface area contributed by atoms with Gasteiger partial charge in [0.25, 0.3) is 5.91 Å². The molecule has 1 aromatic heterocycles. The first-order chi connectivity index (χ1) is 18.7.